The van der Waals surface area contributed by atoms with Crippen LogP contribution in [0.25, 0.3) is 0 Å². The molecule has 0 bridgehead atoms. The SMILES string of the molecule is CN(C)c1ccc(NS(=O)(=O)c2ccc(Cl)c(Cl)c2)cc1C(=O)O.O=C(O)C(F)(F)F. The molecule has 0 saturated carbocycles. The number of benzene rings is 2. The van der Waals surface area contributed by atoms with Gasteiger partial charge in [-0.15, -0.1) is 0 Å². The molecule has 0 aliphatic rings. The highest BCUT2D eigenvalue weighted by atomic mass is 35.5. The van der Waals surface area contributed by atoms with E-state index in [0.29, 0.717) is 5.69 Å². The van der Waals surface area contributed by atoms with Crippen LogP contribution in [0.1, 0.15) is 10.4 Å². The molecule has 0 unspecified atom stereocenters. The fourth-order valence-electron chi connectivity index (χ4n) is 2.02. The fraction of sp³-hybridized carbons (Fsp3) is 0.176. The number of hydrogen-bond donors (Lipinski definition) is 3. The Kier molecular flexibility index (Phi) is 8.56. The number of aromatic carboxylic acids is 1. The van der Waals surface area contributed by atoms with Crippen LogP contribution >= 0.6 is 23.2 Å². The van der Waals surface area contributed by atoms with Crippen molar-refractivity contribution in [3.8, 4) is 0 Å². The van der Waals surface area contributed by atoms with E-state index in [9.17, 15) is 31.5 Å². The van der Waals surface area contributed by atoms with E-state index in [-0.39, 0.29) is 26.2 Å². The number of sulfonamides is 1. The maximum Gasteiger partial charge on any atom is 0.490 e. The summed E-state index contributed by atoms with van der Waals surface area (Å²) in [5, 5.41) is 16.8. The van der Waals surface area contributed by atoms with Crippen LogP contribution in [0.3, 0.4) is 0 Å². The Labute approximate surface area is 184 Å². The maximum atomic E-state index is 12.4. The first-order valence-corrected chi connectivity index (χ1v) is 10.1. The van der Waals surface area contributed by atoms with Gasteiger partial charge < -0.3 is 15.1 Å². The van der Waals surface area contributed by atoms with Crippen LogP contribution in [-0.4, -0.2) is 50.8 Å². The third-order valence-electron chi connectivity index (χ3n) is 3.40. The van der Waals surface area contributed by atoms with Crippen molar-refractivity contribution in [2.24, 2.45) is 0 Å². The smallest absolute Gasteiger partial charge is 0.478 e. The van der Waals surface area contributed by atoms with Crippen LogP contribution in [-0.2, 0) is 14.8 Å². The number of nitrogens with one attached hydrogen (secondary N) is 1. The van der Waals surface area contributed by atoms with E-state index in [1.165, 1.54) is 36.4 Å². The lowest BCUT2D eigenvalue weighted by Gasteiger charge is -2.17. The minimum atomic E-state index is -5.08. The van der Waals surface area contributed by atoms with E-state index in [2.05, 4.69) is 4.72 Å². The molecule has 170 valence electrons. The van der Waals surface area contributed by atoms with Gasteiger partial charge in [0.25, 0.3) is 10.0 Å². The Morgan fingerprint density at radius 2 is 1.55 bits per heavy atom. The molecular weight excluding hydrogens is 488 g/mol. The first-order valence-electron chi connectivity index (χ1n) is 7.89. The molecule has 0 aliphatic carbocycles. The highest BCUT2D eigenvalue weighted by molar-refractivity contribution is 7.92. The lowest BCUT2D eigenvalue weighted by atomic mass is 10.1. The Balaban J connectivity index is 0.000000592. The molecule has 0 amide bonds. The predicted molar refractivity (Wildman–Crippen MR) is 109 cm³/mol. The van der Waals surface area contributed by atoms with Gasteiger partial charge in [-0.25, -0.2) is 18.0 Å². The first kappa shape index (κ1) is 26.3. The fourth-order valence-corrected chi connectivity index (χ4v) is 3.46. The Bertz CT molecular complexity index is 1090. The Hall–Kier alpha value is -2.70. The third-order valence-corrected chi connectivity index (χ3v) is 5.52. The Morgan fingerprint density at radius 1 is 1.00 bits per heavy atom. The minimum absolute atomic E-state index is 0.0191. The van der Waals surface area contributed by atoms with Gasteiger partial charge >= 0.3 is 18.1 Å². The van der Waals surface area contributed by atoms with Gasteiger partial charge in [-0.05, 0) is 36.4 Å². The van der Waals surface area contributed by atoms with E-state index >= 15 is 0 Å². The first-order chi connectivity index (χ1) is 14.1. The van der Waals surface area contributed by atoms with Crippen molar-refractivity contribution in [1.29, 1.82) is 0 Å². The summed E-state index contributed by atoms with van der Waals surface area (Å²) in [6.07, 6.45) is -5.08. The summed E-state index contributed by atoms with van der Waals surface area (Å²) >= 11 is 11.6. The van der Waals surface area contributed by atoms with E-state index < -0.39 is 28.1 Å². The molecule has 0 radical (unpaired) electrons. The molecule has 8 nitrogen and oxygen atoms in total. The highest BCUT2D eigenvalue weighted by Crippen LogP contribution is 2.28. The number of halogens is 5. The monoisotopic (exact) mass is 502 g/mol. The van der Waals surface area contributed by atoms with Crippen molar-refractivity contribution in [3.05, 3.63) is 52.0 Å². The van der Waals surface area contributed by atoms with Crippen LogP contribution in [0.5, 0.6) is 0 Å². The van der Waals surface area contributed by atoms with Crippen LogP contribution in [0.2, 0.25) is 10.0 Å². The van der Waals surface area contributed by atoms with E-state index in [4.69, 9.17) is 33.1 Å². The quantitative estimate of drug-likeness (QED) is 0.559. The van der Waals surface area contributed by atoms with Crippen molar-refractivity contribution < 1.29 is 41.4 Å². The molecule has 0 spiro atoms. The highest BCUT2D eigenvalue weighted by Gasteiger charge is 2.38. The molecular formula is C17H15Cl2F3N2O6S. The van der Waals surface area contributed by atoms with Crippen molar-refractivity contribution in [2.75, 3.05) is 23.7 Å². The molecule has 2 rings (SSSR count). The van der Waals surface area contributed by atoms with Gasteiger partial charge in [0.05, 0.1) is 26.2 Å². The second-order valence-electron chi connectivity index (χ2n) is 5.92. The lowest BCUT2D eigenvalue weighted by Crippen LogP contribution is -2.21. The molecule has 0 aliphatic heterocycles. The van der Waals surface area contributed by atoms with Crippen LogP contribution in [0, 0.1) is 0 Å². The molecule has 0 aromatic heterocycles. The number of hydrogen-bond acceptors (Lipinski definition) is 5. The molecule has 14 heteroatoms. The summed E-state index contributed by atoms with van der Waals surface area (Å²) in [5.74, 6) is -3.92. The molecule has 0 atom stereocenters. The number of carboxylic acids is 2. The van der Waals surface area contributed by atoms with Crippen molar-refractivity contribution in [2.45, 2.75) is 11.1 Å². The number of carboxylic acid groups (broad SMARTS) is 2. The summed E-state index contributed by atoms with van der Waals surface area (Å²) in [4.78, 5) is 21.8. The summed E-state index contributed by atoms with van der Waals surface area (Å²) < 4.78 is 58.9. The maximum absolute atomic E-state index is 12.4. The van der Waals surface area contributed by atoms with Gasteiger partial charge in [0.15, 0.2) is 0 Å². The van der Waals surface area contributed by atoms with Gasteiger partial charge in [-0.1, -0.05) is 23.2 Å². The number of nitrogens with zero attached hydrogens (tertiary/aromatic N) is 1. The average Bonchev–Trinajstić information content (AvgIpc) is 2.63. The molecule has 0 saturated heterocycles. The third kappa shape index (κ3) is 7.49. The standard InChI is InChI=1S/C15H14Cl2N2O4S.C2HF3O2/c1-19(2)14-6-3-9(7-11(14)15(20)21)18-24(22,23)10-4-5-12(16)13(17)8-10;3-2(4,5)1(6)7/h3-8,18H,1-2H3,(H,20,21);(H,6,7). The molecule has 2 aromatic carbocycles. The zero-order valence-electron chi connectivity index (χ0n) is 15.7. The van der Waals surface area contributed by atoms with Gasteiger partial charge in [-0.3, -0.25) is 4.72 Å². The number of aliphatic carboxylic acids is 1. The van der Waals surface area contributed by atoms with Crippen LogP contribution in [0.15, 0.2) is 41.3 Å². The molecule has 0 heterocycles. The topological polar surface area (TPSA) is 124 Å². The van der Waals surface area contributed by atoms with Crippen molar-refractivity contribution in [1.82, 2.24) is 0 Å². The second-order valence-corrected chi connectivity index (χ2v) is 8.41. The number of alkyl halides is 3. The largest absolute Gasteiger partial charge is 0.490 e. The summed E-state index contributed by atoms with van der Waals surface area (Å²) in [5.41, 5.74) is 0.568. The van der Waals surface area contributed by atoms with Gasteiger partial charge in [-0.2, -0.15) is 13.2 Å². The van der Waals surface area contributed by atoms with Crippen molar-refractivity contribution >= 4 is 56.5 Å². The molecule has 0 fully saturated rings. The van der Waals surface area contributed by atoms with E-state index in [1.54, 1.807) is 19.0 Å². The summed E-state index contributed by atoms with van der Waals surface area (Å²) in [7, 11) is -0.536. The number of carbonyl (C=O) groups is 2. The van der Waals surface area contributed by atoms with E-state index in [0.717, 1.165) is 0 Å². The van der Waals surface area contributed by atoms with Gasteiger partial charge in [0.1, 0.15) is 0 Å². The number of anilines is 2. The predicted octanol–water partition coefficient (Wildman–Crippen LogP) is 4.19. The van der Waals surface area contributed by atoms with Crippen LogP contribution < -0.4 is 9.62 Å². The van der Waals surface area contributed by atoms with Crippen molar-refractivity contribution in [3.63, 3.8) is 0 Å². The summed E-state index contributed by atoms with van der Waals surface area (Å²) in [6.45, 7) is 0. The minimum Gasteiger partial charge on any atom is -0.478 e. The van der Waals surface area contributed by atoms with Crippen LogP contribution in [0.4, 0.5) is 24.5 Å². The number of rotatable bonds is 5. The van der Waals surface area contributed by atoms with E-state index in [1.807, 2.05) is 0 Å². The zero-order chi connectivity index (χ0) is 24.1. The Morgan fingerprint density at radius 3 is 1.97 bits per heavy atom. The zero-order valence-corrected chi connectivity index (χ0v) is 18.1. The molecule has 2 aromatic rings. The van der Waals surface area contributed by atoms with Gasteiger partial charge in [0.2, 0.25) is 0 Å². The average molecular weight is 503 g/mol. The normalized spacial score (nSPS) is 11.2. The molecule has 31 heavy (non-hydrogen) atoms. The molecule has 3 N–H and O–H groups in total. The van der Waals surface area contributed by atoms with Gasteiger partial charge in [0, 0.05) is 19.8 Å². The lowest BCUT2D eigenvalue weighted by molar-refractivity contribution is -0.192. The second kappa shape index (κ2) is 10.1. The summed E-state index contributed by atoms with van der Waals surface area (Å²) in [6, 6.07) is 8.16.